The van der Waals surface area contributed by atoms with E-state index in [2.05, 4.69) is 4.99 Å². The third-order valence-corrected chi connectivity index (χ3v) is 0.416. The summed E-state index contributed by atoms with van der Waals surface area (Å²) in [6.07, 6.45) is -2.15. The van der Waals surface area contributed by atoms with Gasteiger partial charge in [0.1, 0.15) is 6.54 Å². The van der Waals surface area contributed by atoms with Gasteiger partial charge >= 0.3 is 6.18 Å². The van der Waals surface area contributed by atoms with Crippen LogP contribution in [-0.2, 0) is 0 Å². The minimum atomic E-state index is -4.18. The molecule has 0 spiro atoms. The average molecular weight is 124 g/mol. The van der Waals surface area contributed by atoms with Crippen LogP contribution in [0.5, 0.6) is 0 Å². The van der Waals surface area contributed by atoms with E-state index in [9.17, 15) is 13.2 Å². The van der Waals surface area contributed by atoms with E-state index in [0.29, 0.717) is 0 Å². The number of hydrogen-bond donors (Lipinski definition) is 0. The first kappa shape index (κ1) is 7.46. The molecule has 0 aromatic carbocycles. The minimum absolute atomic E-state index is 1.12. The lowest BCUT2D eigenvalue weighted by atomic mass is 10.6. The fourth-order valence-electron chi connectivity index (χ4n) is 0.169. The first-order valence-corrected chi connectivity index (χ1v) is 1.96. The van der Waals surface area contributed by atoms with Crippen molar-refractivity contribution >= 4 is 6.21 Å². The van der Waals surface area contributed by atoms with Crippen molar-refractivity contribution in [3.05, 3.63) is 0 Å². The number of aliphatic imine (C=N–C) groups is 1. The Morgan fingerprint density at radius 1 is 1.50 bits per heavy atom. The van der Waals surface area contributed by atoms with E-state index in [0.717, 1.165) is 0 Å². The second-order valence-corrected chi connectivity index (χ2v) is 1.16. The smallest absolute Gasteiger partial charge is 0.279 e. The van der Waals surface area contributed by atoms with Gasteiger partial charge in [0, 0.05) is 0 Å². The van der Waals surface area contributed by atoms with Gasteiger partial charge in [-0.15, -0.1) is 0 Å². The fraction of sp³-hybridized carbons (Fsp3) is 0.750. The van der Waals surface area contributed by atoms with Crippen molar-refractivity contribution in [1.82, 2.24) is 0 Å². The van der Waals surface area contributed by atoms with Gasteiger partial charge in [0.05, 0.1) is 6.21 Å². The number of hydrogen-bond acceptors (Lipinski definition) is 1. The maximum Gasteiger partial charge on any atom is 0.407 e. The monoisotopic (exact) mass is 124 g/mol. The van der Waals surface area contributed by atoms with E-state index in [4.69, 9.17) is 0 Å². The molecule has 0 heterocycles. The highest BCUT2D eigenvalue weighted by atomic mass is 19.4. The van der Waals surface area contributed by atoms with Crippen LogP contribution in [0.4, 0.5) is 13.2 Å². The largest absolute Gasteiger partial charge is 0.407 e. The Morgan fingerprint density at radius 2 is 2.00 bits per heavy atom. The zero-order valence-corrected chi connectivity index (χ0v) is 4.29. The van der Waals surface area contributed by atoms with Crippen LogP contribution in [0.3, 0.4) is 0 Å². The van der Waals surface area contributed by atoms with Gasteiger partial charge in [-0.2, -0.15) is 13.2 Å². The topological polar surface area (TPSA) is 12.4 Å². The lowest BCUT2D eigenvalue weighted by Gasteiger charge is -1.98. The molecule has 47 valence electrons. The van der Waals surface area contributed by atoms with Gasteiger partial charge in [0.25, 0.3) is 0 Å². The number of rotatable bonds is 1. The summed E-state index contributed by atoms with van der Waals surface area (Å²) in [4.78, 5) is 2.87. The Kier molecular flexibility index (Phi) is 2.51. The first-order valence-electron chi connectivity index (χ1n) is 1.96. The second kappa shape index (κ2) is 2.69. The standard InChI is InChI=1S/C4H5F3N/c1-2-8-3-4(5,6)7/h3H2,1H3. The summed E-state index contributed by atoms with van der Waals surface area (Å²) in [6, 6.07) is 0. The lowest BCUT2D eigenvalue weighted by molar-refractivity contribution is -0.118. The molecular weight excluding hydrogens is 119 g/mol. The van der Waals surface area contributed by atoms with Crippen LogP contribution in [0, 0.1) is 0 Å². The molecule has 0 aliphatic carbocycles. The van der Waals surface area contributed by atoms with Gasteiger partial charge in [-0.25, -0.2) is 0 Å². The molecule has 0 aromatic rings. The van der Waals surface area contributed by atoms with Crippen molar-refractivity contribution < 1.29 is 13.2 Å². The summed E-state index contributed by atoms with van der Waals surface area (Å²) >= 11 is 0. The highest BCUT2D eigenvalue weighted by Gasteiger charge is 2.25. The Labute approximate surface area is 45.2 Å². The normalized spacial score (nSPS) is 13.0. The number of halogens is 3. The molecule has 0 saturated carbocycles. The zero-order chi connectivity index (χ0) is 6.62. The van der Waals surface area contributed by atoms with E-state index >= 15 is 0 Å². The Morgan fingerprint density at radius 3 is 2.12 bits per heavy atom. The molecule has 0 bridgehead atoms. The number of alkyl halides is 3. The molecule has 0 rings (SSSR count). The van der Waals surface area contributed by atoms with Gasteiger partial charge in [0.15, 0.2) is 0 Å². The van der Waals surface area contributed by atoms with Gasteiger partial charge < -0.3 is 0 Å². The fourth-order valence-corrected chi connectivity index (χ4v) is 0.169. The van der Waals surface area contributed by atoms with E-state index in [-0.39, 0.29) is 0 Å². The van der Waals surface area contributed by atoms with Gasteiger partial charge in [-0.05, 0) is 6.92 Å². The lowest BCUT2D eigenvalue weighted by Crippen LogP contribution is -2.11. The van der Waals surface area contributed by atoms with Crippen molar-refractivity contribution in [1.29, 1.82) is 0 Å². The maximum atomic E-state index is 11.1. The second-order valence-electron chi connectivity index (χ2n) is 1.16. The highest BCUT2D eigenvalue weighted by molar-refractivity contribution is 5.53. The summed E-state index contributed by atoms with van der Waals surface area (Å²) < 4.78 is 33.3. The summed E-state index contributed by atoms with van der Waals surface area (Å²) in [7, 11) is 0. The molecule has 8 heavy (non-hydrogen) atoms. The van der Waals surface area contributed by atoms with Crippen LogP contribution >= 0.6 is 0 Å². The zero-order valence-electron chi connectivity index (χ0n) is 4.29. The highest BCUT2D eigenvalue weighted by Crippen LogP contribution is 2.13. The van der Waals surface area contributed by atoms with Gasteiger partial charge in [0.2, 0.25) is 0 Å². The molecule has 1 radical (unpaired) electrons. The van der Waals surface area contributed by atoms with Crippen LogP contribution in [-0.4, -0.2) is 18.9 Å². The predicted octanol–water partition coefficient (Wildman–Crippen LogP) is 1.52. The SMILES string of the molecule is C/[C]=N/CC(F)(F)F. The molecule has 0 N–H and O–H groups in total. The molecule has 0 amide bonds. The van der Waals surface area contributed by atoms with Crippen LogP contribution < -0.4 is 0 Å². The number of nitrogens with zero attached hydrogens (tertiary/aromatic N) is 1. The van der Waals surface area contributed by atoms with Crippen molar-refractivity contribution in [2.75, 3.05) is 6.54 Å². The van der Waals surface area contributed by atoms with Crippen molar-refractivity contribution in [3.8, 4) is 0 Å². The molecular formula is C4H5F3N. The van der Waals surface area contributed by atoms with E-state index < -0.39 is 12.7 Å². The predicted molar refractivity (Wildman–Crippen MR) is 24.0 cm³/mol. The molecule has 1 nitrogen and oxygen atoms in total. The first-order chi connectivity index (χ1) is 3.56. The molecule has 0 atom stereocenters. The van der Waals surface area contributed by atoms with Crippen molar-refractivity contribution in [2.24, 2.45) is 4.99 Å². The van der Waals surface area contributed by atoms with Crippen LogP contribution in [0.1, 0.15) is 6.92 Å². The van der Waals surface area contributed by atoms with E-state index in [1.165, 1.54) is 6.92 Å². The molecule has 0 fully saturated rings. The van der Waals surface area contributed by atoms with Crippen LogP contribution in [0.15, 0.2) is 4.99 Å². The van der Waals surface area contributed by atoms with Crippen molar-refractivity contribution in [3.63, 3.8) is 0 Å². The summed E-state index contributed by atoms with van der Waals surface area (Å²) in [5.74, 6) is 0. The Bertz CT molecular complexity index is 83.8. The summed E-state index contributed by atoms with van der Waals surface area (Å²) in [5.41, 5.74) is 0. The Balaban J connectivity index is 3.39. The average Bonchev–Trinajstić information content (AvgIpc) is 1.59. The van der Waals surface area contributed by atoms with Gasteiger partial charge in [-0.3, -0.25) is 4.99 Å². The van der Waals surface area contributed by atoms with Crippen molar-refractivity contribution in [2.45, 2.75) is 13.1 Å². The minimum Gasteiger partial charge on any atom is -0.279 e. The molecule has 0 aromatic heterocycles. The third kappa shape index (κ3) is 5.46. The van der Waals surface area contributed by atoms with Crippen LogP contribution in [0.25, 0.3) is 0 Å². The van der Waals surface area contributed by atoms with Crippen LogP contribution in [0.2, 0.25) is 0 Å². The summed E-state index contributed by atoms with van der Waals surface area (Å²) in [6.45, 7) is 0.204. The van der Waals surface area contributed by atoms with E-state index in [1.54, 1.807) is 0 Å². The molecule has 0 aliphatic rings. The maximum absolute atomic E-state index is 11.1. The van der Waals surface area contributed by atoms with Gasteiger partial charge in [-0.1, -0.05) is 0 Å². The quantitative estimate of drug-likeness (QED) is 0.470. The van der Waals surface area contributed by atoms with E-state index in [1.807, 2.05) is 6.21 Å². The Hall–Kier alpha value is -0.540. The third-order valence-electron chi connectivity index (χ3n) is 0.416. The molecule has 0 unspecified atom stereocenters. The molecule has 0 aliphatic heterocycles. The summed E-state index contributed by atoms with van der Waals surface area (Å²) in [5, 5.41) is 0. The molecule has 4 heteroatoms. The molecule has 0 saturated heterocycles.